The van der Waals surface area contributed by atoms with Gasteiger partial charge in [-0.1, -0.05) is 12.8 Å². The molecule has 0 spiro atoms. The molecule has 0 aromatic carbocycles. The van der Waals surface area contributed by atoms with Gasteiger partial charge in [0, 0.05) is 13.1 Å². The Morgan fingerprint density at radius 1 is 0.818 bits per heavy atom. The van der Waals surface area contributed by atoms with Crippen LogP contribution in [0.5, 0.6) is 0 Å². The van der Waals surface area contributed by atoms with Crippen LogP contribution in [0, 0.1) is 10.4 Å². The third-order valence-electron chi connectivity index (χ3n) is 1.61. The molecule has 0 aromatic rings. The van der Waals surface area contributed by atoms with E-state index >= 15 is 0 Å². The van der Waals surface area contributed by atoms with Gasteiger partial charge in [0.15, 0.2) is 0 Å². The van der Waals surface area contributed by atoms with E-state index in [2.05, 4.69) is 4.94 Å². The van der Waals surface area contributed by atoms with E-state index in [-0.39, 0.29) is 0 Å². The lowest BCUT2D eigenvalue weighted by Crippen LogP contribution is -2.28. The first kappa shape index (κ1) is 8.89. The van der Waals surface area contributed by atoms with E-state index in [9.17, 15) is 10.4 Å². The van der Waals surface area contributed by atoms with Gasteiger partial charge in [-0.15, -0.1) is 0 Å². The van der Waals surface area contributed by atoms with Crippen molar-refractivity contribution in [1.82, 2.24) is 10.5 Å². The smallest absolute Gasteiger partial charge is 0.0125 e. The maximum absolute atomic E-state index is 10.7. The topological polar surface area (TPSA) is 61.8 Å². The van der Waals surface area contributed by atoms with Crippen LogP contribution in [0.2, 0.25) is 0 Å². The van der Waals surface area contributed by atoms with Crippen molar-refractivity contribution >= 4 is 0 Å². The number of hydrogen-bond acceptors (Lipinski definition) is 5. The summed E-state index contributed by atoms with van der Waals surface area (Å²) in [5.41, 5.74) is 0. The highest BCUT2D eigenvalue weighted by molar-refractivity contribution is 4.53. The van der Waals surface area contributed by atoms with E-state index in [1.165, 1.54) is 0 Å². The van der Waals surface area contributed by atoms with E-state index < -0.39 is 0 Å². The molecule has 0 aromatic heterocycles. The molecule has 1 rings (SSSR count). The lowest BCUT2D eigenvalue weighted by Gasteiger charge is -2.35. The Balaban J connectivity index is 2.27. The van der Waals surface area contributed by atoms with E-state index in [1.54, 1.807) is 0 Å². The van der Waals surface area contributed by atoms with Crippen molar-refractivity contribution in [2.24, 2.45) is 0 Å². The molecule has 5 heteroatoms. The predicted octanol–water partition coefficient (Wildman–Crippen LogP) is 1.01. The minimum atomic E-state index is 0.290. The molecule has 0 atom stereocenters. The third kappa shape index (κ3) is 3.64. The summed E-state index contributed by atoms with van der Waals surface area (Å²) in [5.74, 6) is 0. The molecule has 0 unspecified atom stereocenters. The second-order valence-electron chi connectivity index (χ2n) is 2.61. The van der Waals surface area contributed by atoms with Crippen LogP contribution in [0.3, 0.4) is 0 Å². The molecule has 1 heterocycles. The Labute approximate surface area is 65.6 Å². The minimum Gasteiger partial charge on any atom is -0.761 e. The van der Waals surface area contributed by atoms with Gasteiger partial charge < -0.3 is 10.4 Å². The Hall–Kier alpha value is -0.200. The van der Waals surface area contributed by atoms with Crippen LogP contribution < -0.4 is 0 Å². The van der Waals surface area contributed by atoms with Gasteiger partial charge in [0.25, 0.3) is 0 Å². The van der Waals surface area contributed by atoms with Gasteiger partial charge in [-0.05, 0) is 12.8 Å². The highest BCUT2D eigenvalue weighted by atomic mass is 17.1. The maximum Gasteiger partial charge on any atom is 0.0125 e. The van der Waals surface area contributed by atoms with Crippen molar-refractivity contribution in [3.8, 4) is 0 Å². The normalized spacial score (nSPS) is 25.6. The lowest BCUT2D eigenvalue weighted by atomic mass is 10.2. The summed E-state index contributed by atoms with van der Waals surface area (Å²) >= 11 is 0. The third-order valence-corrected chi connectivity index (χ3v) is 1.61. The maximum atomic E-state index is 10.7. The summed E-state index contributed by atoms with van der Waals surface area (Å²) < 4.78 is 0. The van der Waals surface area contributed by atoms with Crippen molar-refractivity contribution < 1.29 is 4.94 Å². The minimum absolute atomic E-state index is 0.290. The first-order chi connectivity index (χ1) is 5.29. The summed E-state index contributed by atoms with van der Waals surface area (Å²) in [4.78, 5) is 4.33. The summed E-state index contributed by atoms with van der Waals surface area (Å²) in [5, 5.41) is 22.0. The van der Waals surface area contributed by atoms with E-state index in [0.29, 0.717) is 23.5 Å². The molecule has 0 saturated carbocycles. The van der Waals surface area contributed by atoms with Gasteiger partial charge in [-0.3, -0.25) is 0 Å². The Bertz CT molecular complexity index is 100. The zero-order chi connectivity index (χ0) is 8.10. The van der Waals surface area contributed by atoms with Crippen LogP contribution >= 0.6 is 0 Å². The molecule has 0 aliphatic carbocycles. The molecule has 66 valence electrons. The summed E-state index contributed by atoms with van der Waals surface area (Å²) in [6, 6.07) is 0. The molecule has 1 saturated heterocycles. The fraction of sp³-hybridized carbons (Fsp3) is 1.00. The van der Waals surface area contributed by atoms with Crippen molar-refractivity contribution in [3.63, 3.8) is 0 Å². The van der Waals surface area contributed by atoms with Gasteiger partial charge in [-0.2, -0.15) is 0 Å². The molecule has 5 nitrogen and oxygen atoms in total. The average molecular weight is 160 g/mol. The first-order valence-corrected chi connectivity index (χ1v) is 3.86. The van der Waals surface area contributed by atoms with Crippen molar-refractivity contribution in [1.29, 1.82) is 0 Å². The highest BCUT2D eigenvalue weighted by Crippen LogP contribution is 2.07. The van der Waals surface area contributed by atoms with Crippen molar-refractivity contribution in [2.45, 2.75) is 25.7 Å². The SMILES string of the molecule is [O-]N1CCCCCCN([O-])O1. The Kier molecular flexibility index (Phi) is 3.74. The molecule has 11 heavy (non-hydrogen) atoms. The van der Waals surface area contributed by atoms with Crippen molar-refractivity contribution in [2.75, 3.05) is 13.1 Å². The molecular formula is C6H12N2O3-2. The summed E-state index contributed by atoms with van der Waals surface area (Å²) in [7, 11) is 0. The number of nitrogens with zero attached hydrogens (tertiary/aromatic N) is 2. The van der Waals surface area contributed by atoms with Crippen LogP contribution in [-0.2, 0) is 4.94 Å². The lowest BCUT2D eigenvalue weighted by molar-refractivity contribution is -0.279. The quantitative estimate of drug-likeness (QED) is 0.529. The van der Waals surface area contributed by atoms with E-state index in [4.69, 9.17) is 0 Å². The van der Waals surface area contributed by atoms with Gasteiger partial charge in [-0.25, -0.2) is 15.4 Å². The number of hydroxylamine groups is 4. The summed E-state index contributed by atoms with van der Waals surface area (Å²) in [6.45, 7) is 0.581. The molecule has 1 aliphatic rings. The zero-order valence-corrected chi connectivity index (χ0v) is 6.36. The molecule has 0 radical (unpaired) electrons. The average Bonchev–Trinajstić information content (AvgIpc) is 2.02. The Morgan fingerprint density at radius 2 is 1.27 bits per heavy atom. The van der Waals surface area contributed by atoms with Gasteiger partial charge in [0.05, 0.1) is 0 Å². The van der Waals surface area contributed by atoms with Gasteiger partial charge >= 0.3 is 0 Å². The highest BCUT2D eigenvalue weighted by Gasteiger charge is 1.99. The zero-order valence-electron chi connectivity index (χ0n) is 6.36. The van der Waals surface area contributed by atoms with Crippen LogP contribution in [0.1, 0.15) is 25.7 Å². The standard InChI is InChI=1S/C6H12N2O3/c9-7-5-3-1-2-4-6-8(10)11-7/h1-6H2/q-2. The molecule has 0 amide bonds. The number of rotatable bonds is 0. The first-order valence-electron chi connectivity index (χ1n) is 3.86. The second kappa shape index (κ2) is 4.63. The van der Waals surface area contributed by atoms with Crippen LogP contribution in [-0.4, -0.2) is 23.5 Å². The molecule has 1 fully saturated rings. The van der Waals surface area contributed by atoms with Gasteiger partial charge in [0.2, 0.25) is 0 Å². The fourth-order valence-electron chi connectivity index (χ4n) is 1.02. The van der Waals surface area contributed by atoms with Crippen LogP contribution in [0.15, 0.2) is 0 Å². The van der Waals surface area contributed by atoms with E-state index in [0.717, 1.165) is 25.7 Å². The van der Waals surface area contributed by atoms with Crippen LogP contribution in [0.4, 0.5) is 0 Å². The molecule has 0 bridgehead atoms. The van der Waals surface area contributed by atoms with Crippen LogP contribution in [0.25, 0.3) is 0 Å². The molecular weight excluding hydrogens is 148 g/mol. The largest absolute Gasteiger partial charge is 0.761 e. The van der Waals surface area contributed by atoms with Gasteiger partial charge in [0.1, 0.15) is 0 Å². The summed E-state index contributed by atoms with van der Waals surface area (Å²) in [6.07, 6.45) is 3.60. The predicted molar refractivity (Wildman–Crippen MR) is 39.7 cm³/mol. The Morgan fingerprint density at radius 3 is 1.73 bits per heavy atom. The second-order valence-corrected chi connectivity index (χ2v) is 2.61. The number of hydrogen-bond donors (Lipinski definition) is 0. The monoisotopic (exact) mass is 160 g/mol. The van der Waals surface area contributed by atoms with E-state index in [1.807, 2.05) is 0 Å². The molecule has 0 N–H and O–H groups in total. The molecule has 1 aliphatic heterocycles. The fourth-order valence-corrected chi connectivity index (χ4v) is 1.02. The van der Waals surface area contributed by atoms with Crippen molar-refractivity contribution in [3.05, 3.63) is 10.4 Å².